The molecule has 1 aromatic heterocycles. The first-order valence-corrected chi connectivity index (χ1v) is 9.55. The van der Waals surface area contributed by atoms with Crippen LogP contribution in [0.3, 0.4) is 0 Å². The zero-order chi connectivity index (χ0) is 17.8. The van der Waals surface area contributed by atoms with Crippen molar-refractivity contribution in [3.63, 3.8) is 0 Å². The zero-order valence-corrected chi connectivity index (χ0v) is 15.0. The maximum atomic E-state index is 12.6. The molecule has 0 unspecified atom stereocenters. The van der Waals surface area contributed by atoms with Crippen LogP contribution in [-0.2, 0) is 0 Å². The van der Waals surface area contributed by atoms with E-state index in [1.807, 2.05) is 33.7 Å². The van der Waals surface area contributed by atoms with Crippen molar-refractivity contribution in [1.29, 1.82) is 0 Å². The molecule has 0 atom stereocenters. The molecular weight excluding hydrogens is 328 g/mol. The van der Waals surface area contributed by atoms with Gasteiger partial charge in [-0.25, -0.2) is 4.79 Å². The molecule has 1 N–H and O–H groups in total. The second kappa shape index (κ2) is 7.86. The molecule has 2 amide bonds. The monoisotopic (exact) mass is 354 g/mol. The van der Waals surface area contributed by atoms with Crippen LogP contribution in [0.1, 0.15) is 32.1 Å². The lowest BCUT2D eigenvalue weighted by molar-refractivity contribution is 0.0943. The minimum absolute atomic E-state index is 0.0193. The summed E-state index contributed by atoms with van der Waals surface area (Å²) in [5, 5.41) is 10.7. The van der Waals surface area contributed by atoms with Crippen molar-refractivity contribution in [2.75, 3.05) is 31.5 Å². The second-order valence-electron chi connectivity index (χ2n) is 7.16. The summed E-state index contributed by atoms with van der Waals surface area (Å²) in [5.41, 5.74) is 1.71. The molecule has 1 saturated carbocycles. The number of anilines is 1. The average molecular weight is 354 g/mol. The number of nitrogens with one attached hydrogen (secondary N) is 1. The van der Waals surface area contributed by atoms with Gasteiger partial charge in [0.25, 0.3) is 0 Å². The van der Waals surface area contributed by atoms with Gasteiger partial charge in [0.15, 0.2) is 0 Å². The quantitative estimate of drug-likeness (QED) is 0.920. The topological polar surface area (TPSA) is 66.3 Å². The van der Waals surface area contributed by atoms with Gasteiger partial charge in [0.2, 0.25) is 0 Å². The number of piperazine rings is 1. The number of amides is 2. The highest BCUT2D eigenvalue weighted by Crippen LogP contribution is 2.23. The van der Waals surface area contributed by atoms with E-state index in [9.17, 15) is 4.79 Å². The number of rotatable bonds is 3. The Bertz CT molecular complexity index is 717. The SMILES string of the molecule is O=C(Nc1cccc(-n2cnnc2)c1)N1CCN(C2CCCCC2)CC1. The van der Waals surface area contributed by atoms with E-state index in [2.05, 4.69) is 20.4 Å². The molecule has 7 nitrogen and oxygen atoms in total. The molecule has 138 valence electrons. The van der Waals surface area contributed by atoms with Crippen LogP contribution in [0, 0.1) is 0 Å². The number of hydrogen-bond acceptors (Lipinski definition) is 4. The van der Waals surface area contributed by atoms with Crippen LogP contribution in [0.5, 0.6) is 0 Å². The third kappa shape index (κ3) is 3.88. The molecule has 0 radical (unpaired) electrons. The lowest BCUT2D eigenvalue weighted by atomic mass is 9.94. The van der Waals surface area contributed by atoms with E-state index in [0.717, 1.165) is 43.6 Å². The lowest BCUT2D eigenvalue weighted by Crippen LogP contribution is -2.53. The van der Waals surface area contributed by atoms with Gasteiger partial charge in [0.1, 0.15) is 12.7 Å². The fraction of sp³-hybridized carbons (Fsp3) is 0.526. The molecule has 4 rings (SSSR count). The number of hydrogen-bond donors (Lipinski definition) is 1. The molecule has 2 heterocycles. The Morgan fingerprint density at radius 1 is 1.00 bits per heavy atom. The summed E-state index contributed by atoms with van der Waals surface area (Å²) in [7, 11) is 0. The molecular formula is C19H26N6O. The highest BCUT2D eigenvalue weighted by atomic mass is 16.2. The first-order valence-electron chi connectivity index (χ1n) is 9.55. The third-order valence-electron chi connectivity index (χ3n) is 5.51. The van der Waals surface area contributed by atoms with Crippen LogP contribution in [-0.4, -0.2) is 62.8 Å². The highest BCUT2D eigenvalue weighted by Gasteiger charge is 2.27. The van der Waals surface area contributed by atoms with Gasteiger partial charge in [-0.2, -0.15) is 0 Å². The van der Waals surface area contributed by atoms with E-state index in [4.69, 9.17) is 0 Å². The smallest absolute Gasteiger partial charge is 0.321 e. The Labute approximate surface area is 154 Å². The van der Waals surface area contributed by atoms with E-state index >= 15 is 0 Å². The highest BCUT2D eigenvalue weighted by molar-refractivity contribution is 5.89. The summed E-state index contributed by atoms with van der Waals surface area (Å²) in [6.45, 7) is 3.57. The number of benzene rings is 1. The minimum atomic E-state index is -0.0193. The largest absolute Gasteiger partial charge is 0.322 e. The van der Waals surface area contributed by atoms with Crippen molar-refractivity contribution in [3.05, 3.63) is 36.9 Å². The van der Waals surface area contributed by atoms with E-state index < -0.39 is 0 Å². The van der Waals surface area contributed by atoms with Crippen molar-refractivity contribution < 1.29 is 4.79 Å². The number of nitrogens with zero attached hydrogens (tertiary/aromatic N) is 5. The molecule has 1 aliphatic heterocycles. The molecule has 7 heteroatoms. The van der Waals surface area contributed by atoms with Crippen LogP contribution in [0.4, 0.5) is 10.5 Å². The van der Waals surface area contributed by atoms with Gasteiger partial charge in [-0.3, -0.25) is 9.47 Å². The Morgan fingerprint density at radius 2 is 1.73 bits per heavy atom. The van der Waals surface area contributed by atoms with Crippen LogP contribution >= 0.6 is 0 Å². The Kier molecular flexibility index (Phi) is 5.15. The summed E-state index contributed by atoms with van der Waals surface area (Å²) in [6, 6.07) is 8.43. The van der Waals surface area contributed by atoms with Crippen LogP contribution < -0.4 is 5.32 Å². The second-order valence-corrected chi connectivity index (χ2v) is 7.16. The van der Waals surface area contributed by atoms with Crippen molar-refractivity contribution >= 4 is 11.7 Å². The molecule has 26 heavy (non-hydrogen) atoms. The first-order chi connectivity index (χ1) is 12.8. The van der Waals surface area contributed by atoms with E-state index in [1.54, 1.807) is 12.7 Å². The third-order valence-corrected chi connectivity index (χ3v) is 5.51. The van der Waals surface area contributed by atoms with Crippen molar-refractivity contribution in [2.24, 2.45) is 0 Å². The molecule has 1 saturated heterocycles. The number of carbonyl (C=O) groups excluding carboxylic acids is 1. The van der Waals surface area contributed by atoms with E-state index in [0.29, 0.717) is 0 Å². The van der Waals surface area contributed by atoms with Gasteiger partial charge in [-0.1, -0.05) is 25.3 Å². The van der Waals surface area contributed by atoms with Gasteiger partial charge in [-0.05, 0) is 31.0 Å². The van der Waals surface area contributed by atoms with Crippen molar-refractivity contribution in [2.45, 2.75) is 38.1 Å². The fourth-order valence-corrected chi connectivity index (χ4v) is 4.02. The Balaban J connectivity index is 1.32. The molecule has 2 fully saturated rings. The summed E-state index contributed by atoms with van der Waals surface area (Å²) >= 11 is 0. The van der Waals surface area contributed by atoms with Crippen LogP contribution in [0.25, 0.3) is 5.69 Å². The Morgan fingerprint density at radius 3 is 2.46 bits per heavy atom. The number of carbonyl (C=O) groups is 1. The summed E-state index contributed by atoms with van der Waals surface area (Å²) < 4.78 is 1.82. The fourth-order valence-electron chi connectivity index (χ4n) is 4.02. The van der Waals surface area contributed by atoms with Crippen molar-refractivity contribution in [1.82, 2.24) is 24.6 Å². The normalized spacial score (nSPS) is 19.5. The summed E-state index contributed by atoms with van der Waals surface area (Å²) in [5.74, 6) is 0. The summed E-state index contributed by atoms with van der Waals surface area (Å²) in [4.78, 5) is 17.1. The van der Waals surface area contributed by atoms with Gasteiger partial charge < -0.3 is 10.2 Å². The summed E-state index contributed by atoms with van der Waals surface area (Å²) in [6.07, 6.45) is 10.0. The number of urea groups is 1. The lowest BCUT2D eigenvalue weighted by Gasteiger charge is -2.40. The number of aromatic nitrogens is 3. The zero-order valence-electron chi connectivity index (χ0n) is 15.0. The average Bonchev–Trinajstić information content (AvgIpc) is 3.24. The van der Waals surface area contributed by atoms with E-state index in [-0.39, 0.29) is 6.03 Å². The van der Waals surface area contributed by atoms with Gasteiger partial charge in [-0.15, -0.1) is 10.2 Å². The van der Waals surface area contributed by atoms with Crippen LogP contribution in [0.15, 0.2) is 36.9 Å². The van der Waals surface area contributed by atoms with E-state index in [1.165, 1.54) is 32.1 Å². The molecule has 2 aliphatic rings. The maximum Gasteiger partial charge on any atom is 0.321 e. The van der Waals surface area contributed by atoms with Crippen LogP contribution in [0.2, 0.25) is 0 Å². The molecule has 0 spiro atoms. The predicted octanol–water partition coefficient (Wildman–Crippen LogP) is 2.75. The maximum absolute atomic E-state index is 12.6. The minimum Gasteiger partial charge on any atom is -0.322 e. The van der Waals surface area contributed by atoms with Gasteiger partial charge >= 0.3 is 6.03 Å². The Hall–Kier alpha value is -2.41. The standard InChI is InChI=1S/C19H26N6O/c26-19(22-16-5-4-8-18(13-16)25-14-20-21-15-25)24-11-9-23(10-12-24)17-6-2-1-3-7-17/h4-5,8,13-15,17H,1-3,6-7,9-12H2,(H,22,26). The predicted molar refractivity (Wildman–Crippen MR) is 100 cm³/mol. The van der Waals surface area contributed by atoms with Gasteiger partial charge in [0, 0.05) is 37.9 Å². The molecule has 1 aromatic carbocycles. The first kappa shape index (κ1) is 17.0. The molecule has 0 bridgehead atoms. The molecule has 1 aliphatic carbocycles. The molecule has 2 aromatic rings. The van der Waals surface area contributed by atoms with Crippen molar-refractivity contribution in [3.8, 4) is 5.69 Å². The van der Waals surface area contributed by atoms with Gasteiger partial charge in [0.05, 0.1) is 5.69 Å².